The zero-order chi connectivity index (χ0) is 21.9. The fraction of sp³-hybridized carbons (Fsp3) is 0.400. The lowest BCUT2D eigenvalue weighted by molar-refractivity contribution is -0.129. The van der Waals surface area contributed by atoms with E-state index >= 15 is 0 Å². The molecule has 32 heavy (non-hydrogen) atoms. The second-order valence-electron chi connectivity index (χ2n) is 9.30. The minimum absolute atomic E-state index is 0.00630. The van der Waals surface area contributed by atoms with E-state index in [1.807, 2.05) is 18.2 Å². The molecule has 3 aromatic rings. The van der Waals surface area contributed by atoms with Crippen LogP contribution in [0.1, 0.15) is 24.8 Å². The molecule has 0 N–H and O–H groups in total. The Balaban J connectivity index is 1.34. The third-order valence-electron chi connectivity index (χ3n) is 7.40. The first kappa shape index (κ1) is 19.5. The molecule has 0 unspecified atom stereocenters. The molecule has 2 aromatic carbocycles. The second-order valence-corrected chi connectivity index (χ2v) is 9.30. The molecule has 7 nitrogen and oxygen atoms in total. The molecule has 2 fully saturated rings. The van der Waals surface area contributed by atoms with Gasteiger partial charge in [0, 0.05) is 31.9 Å². The highest BCUT2D eigenvalue weighted by Crippen LogP contribution is 2.47. The standard InChI is InChI=1S/C25H27N5O2/c1-27-13-15-28(16-14-27)19-9-7-18(8-10-19)17-29-23(32)25(11-4-12-25)30-22(31)20-5-2-3-6-21(20)26-24(29)30/h2-3,5-10H,4,11-17H2,1H3. The number of nitrogens with zero attached hydrogens (tertiary/aromatic N) is 5. The van der Waals surface area contributed by atoms with Gasteiger partial charge in [-0.15, -0.1) is 0 Å². The Labute approximate surface area is 186 Å². The largest absolute Gasteiger partial charge is 0.369 e. The van der Waals surface area contributed by atoms with Crippen LogP contribution >= 0.6 is 0 Å². The number of aromatic nitrogens is 2. The van der Waals surface area contributed by atoms with Crippen LogP contribution in [0.15, 0.2) is 53.3 Å². The number of carbonyl (C=O) groups is 1. The predicted molar refractivity (Wildman–Crippen MR) is 125 cm³/mol. The van der Waals surface area contributed by atoms with Crippen molar-refractivity contribution in [1.29, 1.82) is 0 Å². The predicted octanol–water partition coefficient (Wildman–Crippen LogP) is 2.57. The van der Waals surface area contributed by atoms with Crippen LogP contribution in [0.5, 0.6) is 0 Å². The average Bonchev–Trinajstić information content (AvgIpc) is 3.04. The van der Waals surface area contributed by atoms with Crippen LogP contribution in [0.2, 0.25) is 0 Å². The number of benzene rings is 2. The summed E-state index contributed by atoms with van der Waals surface area (Å²) in [6.45, 7) is 4.61. The van der Waals surface area contributed by atoms with Gasteiger partial charge in [0.05, 0.1) is 17.4 Å². The van der Waals surface area contributed by atoms with Gasteiger partial charge in [-0.3, -0.25) is 19.1 Å². The van der Waals surface area contributed by atoms with Crippen LogP contribution in [-0.4, -0.2) is 53.6 Å². The summed E-state index contributed by atoms with van der Waals surface area (Å²) >= 11 is 0. The summed E-state index contributed by atoms with van der Waals surface area (Å²) in [4.78, 5) is 38.1. The van der Waals surface area contributed by atoms with Gasteiger partial charge in [0.1, 0.15) is 5.54 Å². The van der Waals surface area contributed by atoms with Crippen molar-refractivity contribution < 1.29 is 4.79 Å². The number of carbonyl (C=O) groups excluding carboxylic acids is 1. The lowest BCUT2D eigenvalue weighted by atomic mass is 9.76. The molecule has 1 saturated heterocycles. The van der Waals surface area contributed by atoms with Gasteiger partial charge in [-0.1, -0.05) is 24.3 Å². The van der Waals surface area contributed by atoms with E-state index < -0.39 is 5.54 Å². The summed E-state index contributed by atoms with van der Waals surface area (Å²) in [7, 11) is 2.16. The Kier molecular flexibility index (Phi) is 4.37. The molecule has 0 radical (unpaired) electrons. The van der Waals surface area contributed by atoms with E-state index in [1.165, 1.54) is 5.69 Å². The summed E-state index contributed by atoms with van der Waals surface area (Å²) in [5.41, 5.74) is 2.05. The smallest absolute Gasteiger partial charge is 0.263 e. The summed E-state index contributed by atoms with van der Waals surface area (Å²) in [6.07, 6.45) is 2.37. The molecule has 1 aliphatic carbocycles. The molecular weight excluding hydrogens is 402 g/mol. The maximum absolute atomic E-state index is 13.6. The van der Waals surface area contributed by atoms with Crippen LogP contribution in [0.25, 0.3) is 10.9 Å². The SMILES string of the molecule is CN1CCN(c2ccc(CN3C(=O)C4(CCC4)n4c3nc3ccccc3c4=O)cc2)CC1. The van der Waals surface area contributed by atoms with Crippen LogP contribution in [0, 0.1) is 0 Å². The summed E-state index contributed by atoms with van der Waals surface area (Å²) < 4.78 is 1.68. The maximum atomic E-state index is 13.6. The van der Waals surface area contributed by atoms with E-state index in [1.54, 1.807) is 15.5 Å². The maximum Gasteiger partial charge on any atom is 0.263 e. The van der Waals surface area contributed by atoms with Crippen LogP contribution in [0.3, 0.4) is 0 Å². The molecule has 2 aliphatic heterocycles. The summed E-state index contributed by atoms with van der Waals surface area (Å²) in [5, 5.41) is 0.578. The molecule has 1 spiro atoms. The average molecular weight is 430 g/mol. The normalized spacial score (nSPS) is 20.1. The van der Waals surface area contributed by atoms with Crippen molar-refractivity contribution in [2.75, 3.05) is 43.0 Å². The van der Waals surface area contributed by atoms with E-state index in [0.717, 1.165) is 38.2 Å². The lowest BCUT2D eigenvalue weighted by Crippen LogP contribution is -2.50. The molecule has 7 heteroatoms. The molecule has 3 aliphatic rings. The number of para-hydroxylation sites is 1. The highest BCUT2D eigenvalue weighted by Gasteiger charge is 2.56. The molecular formula is C25H27N5O2. The zero-order valence-electron chi connectivity index (χ0n) is 18.3. The second kappa shape index (κ2) is 7.17. The molecule has 0 atom stereocenters. The van der Waals surface area contributed by atoms with E-state index in [0.29, 0.717) is 36.2 Å². The van der Waals surface area contributed by atoms with Crippen molar-refractivity contribution in [3.63, 3.8) is 0 Å². The van der Waals surface area contributed by atoms with Crippen LogP contribution < -0.4 is 15.4 Å². The van der Waals surface area contributed by atoms with Gasteiger partial charge in [0.15, 0.2) is 0 Å². The summed E-state index contributed by atoms with van der Waals surface area (Å²) in [6, 6.07) is 15.8. The number of piperazine rings is 1. The number of amides is 1. The van der Waals surface area contributed by atoms with Crippen LogP contribution in [-0.2, 0) is 16.9 Å². The molecule has 0 bridgehead atoms. The van der Waals surface area contributed by atoms with Crippen molar-refractivity contribution >= 4 is 28.4 Å². The topological polar surface area (TPSA) is 61.7 Å². The van der Waals surface area contributed by atoms with Gasteiger partial charge in [-0.2, -0.15) is 0 Å². The Morgan fingerprint density at radius 3 is 2.34 bits per heavy atom. The molecule has 164 valence electrons. The lowest BCUT2D eigenvalue weighted by Gasteiger charge is -2.37. The van der Waals surface area contributed by atoms with Gasteiger partial charge in [-0.25, -0.2) is 4.98 Å². The first-order chi connectivity index (χ1) is 15.6. The number of hydrogen-bond donors (Lipinski definition) is 0. The quantitative estimate of drug-likeness (QED) is 0.641. The van der Waals surface area contributed by atoms with Crippen LogP contribution in [0.4, 0.5) is 11.6 Å². The molecule has 6 rings (SSSR count). The van der Waals surface area contributed by atoms with Gasteiger partial charge in [0.25, 0.3) is 11.5 Å². The van der Waals surface area contributed by atoms with Crippen molar-refractivity contribution in [2.24, 2.45) is 0 Å². The fourth-order valence-corrected chi connectivity index (χ4v) is 5.28. The Morgan fingerprint density at radius 2 is 1.66 bits per heavy atom. The van der Waals surface area contributed by atoms with Crippen molar-refractivity contribution in [3.05, 3.63) is 64.4 Å². The Bertz CT molecular complexity index is 1250. The number of likely N-dealkylation sites (N-methyl/N-ethyl adjacent to an activating group) is 1. The minimum atomic E-state index is -0.747. The third kappa shape index (κ3) is 2.80. The molecule has 1 amide bonds. The van der Waals surface area contributed by atoms with E-state index in [4.69, 9.17) is 4.98 Å². The number of hydrogen-bond acceptors (Lipinski definition) is 5. The monoisotopic (exact) mass is 429 g/mol. The Morgan fingerprint density at radius 1 is 0.938 bits per heavy atom. The van der Waals surface area contributed by atoms with Crippen molar-refractivity contribution in [2.45, 2.75) is 31.3 Å². The fourth-order valence-electron chi connectivity index (χ4n) is 5.28. The van der Waals surface area contributed by atoms with Gasteiger partial charge in [0.2, 0.25) is 5.95 Å². The Hall–Kier alpha value is -3.19. The highest BCUT2D eigenvalue weighted by atomic mass is 16.2. The minimum Gasteiger partial charge on any atom is -0.369 e. The number of anilines is 2. The summed E-state index contributed by atoms with van der Waals surface area (Å²) in [5.74, 6) is 0.494. The third-order valence-corrected chi connectivity index (χ3v) is 7.40. The van der Waals surface area contributed by atoms with Gasteiger partial charge >= 0.3 is 0 Å². The van der Waals surface area contributed by atoms with E-state index in [2.05, 4.69) is 41.1 Å². The van der Waals surface area contributed by atoms with Crippen molar-refractivity contribution in [1.82, 2.24) is 14.5 Å². The van der Waals surface area contributed by atoms with Gasteiger partial charge < -0.3 is 9.80 Å². The number of rotatable bonds is 3. The first-order valence-corrected chi connectivity index (χ1v) is 11.4. The van der Waals surface area contributed by atoms with Gasteiger partial charge in [-0.05, 0) is 56.1 Å². The molecule has 1 saturated carbocycles. The highest BCUT2D eigenvalue weighted by molar-refractivity contribution is 6.03. The molecule has 1 aromatic heterocycles. The van der Waals surface area contributed by atoms with E-state index in [-0.39, 0.29) is 11.5 Å². The first-order valence-electron chi connectivity index (χ1n) is 11.4. The van der Waals surface area contributed by atoms with Crippen molar-refractivity contribution in [3.8, 4) is 0 Å². The number of fused-ring (bicyclic) bond motifs is 3. The molecule has 3 heterocycles. The van der Waals surface area contributed by atoms with E-state index in [9.17, 15) is 9.59 Å². The zero-order valence-corrected chi connectivity index (χ0v) is 18.3.